The van der Waals surface area contributed by atoms with E-state index in [0.29, 0.717) is 24.4 Å². The van der Waals surface area contributed by atoms with Crippen LogP contribution in [0, 0.1) is 6.92 Å². The van der Waals surface area contributed by atoms with E-state index in [1.54, 1.807) is 12.3 Å². The predicted octanol–water partition coefficient (Wildman–Crippen LogP) is 2.43. The first-order valence-electron chi connectivity index (χ1n) is 8.07. The number of sulfonamides is 1. The zero-order valence-corrected chi connectivity index (χ0v) is 15.0. The number of rotatable bonds is 5. The number of benzene rings is 1. The molecule has 1 aromatic carbocycles. The summed E-state index contributed by atoms with van der Waals surface area (Å²) in [6.07, 6.45) is 2.11. The van der Waals surface area contributed by atoms with Crippen LogP contribution in [0.2, 0.25) is 0 Å². The van der Waals surface area contributed by atoms with E-state index in [1.165, 1.54) is 35.5 Å². The summed E-state index contributed by atoms with van der Waals surface area (Å²) in [5.74, 6) is 0.407. The molecule has 1 fully saturated rings. The van der Waals surface area contributed by atoms with Gasteiger partial charge in [0.05, 0.1) is 11.4 Å². The average Bonchev–Trinajstić information content (AvgIpc) is 3.06. The number of pyridine rings is 1. The van der Waals surface area contributed by atoms with Crippen LogP contribution in [0.15, 0.2) is 47.5 Å². The van der Waals surface area contributed by atoms with Crippen LogP contribution in [-0.4, -0.2) is 42.7 Å². The lowest BCUT2D eigenvalue weighted by molar-refractivity contribution is 0.101. The molecule has 132 valence electrons. The molecule has 1 unspecified atom stereocenters. The lowest BCUT2D eigenvalue weighted by Gasteiger charge is -2.17. The molecule has 25 heavy (non-hydrogen) atoms. The number of hydrogen-bond donors (Lipinski definition) is 0. The minimum atomic E-state index is -3.59. The molecule has 1 saturated heterocycles. The predicted molar refractivity (Wildman–Crippen MR) is 93.2 cm³/mol. The van der Waals surface area contributed by atoms with Gasteiger partial charge in [-0.25, -0.2) is 13.4 Å². The Bertz CT molecular complexity index is 861. The summed E-state index contributed by atoms with van der Waals surface area (Å²) in [7, 11) is -3.59. The lowest BCUT2D eigenvalue weighted by atomic mass is 10.2. The Hall–Kier alpha value is -2.25. The average molecular weight is 360 g/mol. The van der Waals surface area contributed by atoms with Crippen molar-refractivity contribution in [3.63, 3.8) is 0 Å². The van der Waals surface area contributed by atoms with E-state index >= 15 is 0 Å². The highest BCUT2D eigenvalue weighted by molar-refractivity contribution is 7.89. The van der Waals surface area contributed by atoms with Gasteiger partial charge < -0.3 is 4.74 Å². The zero-order valence-electron chi connectivity index (χ0n) is 14.2. The minimum Gasteiger partial charge on any atom is -0.473 e. The van der Waals surface area contributed by atoms with E-state index in [4.69, 9.17) is 4.74 Å². The molecule has 7 heteroatoms. The van der Waals surface area contributed by atoms with Gasteiger partial charge in [0.25, 0.3) is 0 Å². The third-order valence-electron chi connectivity index (χ3n) is 4.18. The summed E-state index contributed by atoms with van der Waals surface area (Å²) in [6.45, 7) is 4.07. The van der Waals surface area contributed by atoms with Crippen molar-refractivity contribution in [3.05, 3.63) is 53.7 Å². The van der Waals surface area contributed by atoms with E-state index < -0.39 is 10.0 Å². The topological polar surface area (TPSA) is 76.6 Å². The standard InChI is InChI=1S/C18H20N2O4S/c1-13-3-8-18(19-11-13)24-16-9-10-20(12-16)25(22,23)17-6-4-15(5-7-17)14(2)21/h3-8,11,16H,9-10,12H2,1-2H3. The molecule has 1 atom stereocenters. The first kappa shape index (κ1) is 17.6. The highest BCUT2D eigenvalue weighted by Crippen LogP contribution is 2.24. The summed E-state index contributed by atoms with van der Waals surface area (Å²) < 4.78 is 32.6. The fourth-order valence-corrected chi connectivity index (χ4v) is 4.20. The van der Waals surface area contributed by atoms with E-state index in [0.717, 1.165) is 5.56 Å². The van der Waals surface area contributed by atoms with Gasteiger partial charge in [0.15, 0.2) is 5.78 Å². The summed E-state index contributed by atoms with van der Waals surface area (Å²) >= 11 is 0. The summed E-state index contributed by atoms with van der Waals surface area (Å²) in [5.41, 5.74) is 1.53. The number of hydrogen-bond acceptors (Lipinski definition) is 5. The number of carbonyl (C=O) groups is 1. The quantitative estimate of drug-likeness (QED) is 0.766. The molecular weight excluding hydrogens is 340 g/mol. The molecule has 0 saturated carbocycles. The summed E-state index contributed by atoms with van der Waals surface area (Å²) in [5, 5.41) is 0. The largest absolute Gasteiger partial charge is 0.473 e. The Kier molecular flexibility index (Phi) is 4.87. The van der Waals surface area contributed by atoms with E-state index in [9.17, 15) is 13.2 Å². The maximum Gasteiger partial charge on any atom is 0.243 e. The first-order chi connectivity index (χ1) is 11.9. The number of ether oxygens (including phenoxy) is 1. The van der Waals surface area contributed by atoms with Crippen molar-refractivity contribution >= 4 is 15.8 Å². The number of aromatic nitrogens is 1. The molecule has 3 rings (SSSR count). The second-order valence-electron chi connectivity index (χ2n) is 6.15. The molecule has 0 N–H and O–H groups in total. The lowest BCUT2D eigenvalue weighted by Crippen LogP contribution is -2.31. The third-order valence-corrected chi connectivity index (χ3v) is 6.06. The number of Topliss-reactive ketones (excluding diaryl/α,β-unsaturated/α-hetero) is 1. The monoisotopic (exact) mass is 360 g/mol. The van der Waals surface area contributed by atoms with Crippen LogP contribution in [0.4, 0.5) is 0 Å². The molecule has 6 nitrogen and oxygen atoms in total. The number of ketones is 1. The normalized spacial score (nSPS) is 18.2. The van der Waals surface area contributed by atoms with Crippen molar-refractivity contribution in [3.8, 4) is 5.88 Å². The highest BCUT2D eigenvalue weighted by atomic mass is 32.2. The summed E-state index contributed by atoms with van der Waals surface area (Å²) in [6, 6.07) is 9.71. The van der Waals surface area contributed by atoms with Crippen molar-refractivity contribution in [1.82, 2.24) is 9.29 Å². The first-order valence-corrected chi connectivity index (χ1v) is 9.51. The fourth-order valence-electron chi connectivity index (χ4n) is 2.72. The molecule has 1 aliphatic rings. The van der Waals surface area contributed by atoms with Crippen LogP contribution in [0.3, 0.4) is 0 Å². The van der Waals surface area contributed by atoms with Gasteiger partial charge in [0.1, 0.15) is 6.10 Å². The number of carbonyl (C=O) groups excluding carboxylic acids is 1. The molecular formula is C18H20N2O4S. The molecule has 0 spiro atoms. The molecule has 0 bridgehead atoms. The van der Waals surface area contributed by atoms with Crippen molar-refractivity contribution in [2.24, 2.45) is 0 Å². The van der Waals surface area contributed by atoms with Crippen molar-refractivity contribution in [2.75, 3.05) is 13.1 Å². The van der Waals surface area contributed by atoms with Gasteiger partial charge in [-0.1, -0.05) is 18.2 Å². The highest BCUT2D eigenvalue weighted by Gasteiger charge is 2.33. The zero-order chi connectivity index (χ0) is 18.0. The van der Waals surface area contributed by atoms with Gasteiger partial charge in [-0.05, 0) is 38.0 Å². The third kappa shape index (κ3) is 3.88. The molecule has 0 amide bonds. The Morgan fingerprint density at radius 3 is 2.52 bits per heavy atom. The molecule has 1 aromatic heterocycles. The van der Waals surface area contributed by atoms with E-state index in [2.05, 4.69) is 4.98 Å². The summed E-state index contributed by atoms with van der Waals surface area (Å²) in [4.78, 5) is 15.7. The molecule has 1 aliphatic heterocycles. The molecule has 2 aromatic rings. The fraction of sp³-hybridized carbons (Fsp3) is 0.333. The van der Waals surface area contributed by atoms with Crippen LogP contribution in [0.5, 0.6) is 5.88 Å². The van der Waals surface area contributed by atoms with Crippen LogP contribution in [0.25, 0.3) is 0 Å². The second kappa shape index (κ2) is 6.93. The van der Waals surface area contributed by atoms with E-state index in [-0.39, 0.29) is 23.3 Å². The van der Waals surface area contributed by atoms with Crippen molar-refractivity contribution in [1.29, 1.82) is 0 Å². The van der Waals surface area contributed by atoms with Gasteiger partial charge in [0.2, 0.25) is 15.9 Å². The smallest absolute Gasteiger partial charge is 0.243 e. The maximum absolute atomic E-state index is 12.7. The number of nitrogens with zero attached hydrogens (tertiary/aromatic N) is 2. The van der Waals surface area contributed by atoms with Crippen LogP contribution in [0.1, 0.15) is 29.3 Å². The van der Waals surface area contributed by atoms with Crippen LogP contribution >= 0.6 is 0 Å². The van der Waals surface area contributed by atoms with E-state index in [1.807, 2.05) is 13.0 Å². The maximum atomic E-state index is 12.7. The molecule has 0 radical (unpaired) electrons. The molecule has 2 heterocycles. The van der Waals surface area contributed by atoms with Crippen molar-refractivity contribution < 1.29 is 17.9 Å². The van der Waals surface area contributed by atoms with Gasteiger partial charge in [-0.3, -0.25) is 4.79 Å². The molecule has 0 aliphatic carbocycles. The van der Waals surface area contributed by atoms with Crippen molar-refractivity contribution in [2.45, 2.75) is 31.3 Å². The van der Waals surface area contributed by atoms with Crippen LogP contribution in [-0.2, 0) is 10.0 Å². The van der Waals surface area contributed by atoms with Gasteiger partial charge in [0, 0.05) is 24.4 Å². The Labute approximate surface area is 147 Å². The van der Waals surface area contributed by atoms with Crippen LogP contribution < -0.4 is 4.74 Å². The number of aryl methyl sites for hydroxylation is 1. The Morgan fingerprint density at radius 2 is 1.92 bits per heavy atom. The minimum absolute atomic E-state index is 0.0933. The second-order valence-corrected chi connectivity index (χ2v) is 8.08. The van der Waals surface area contributed by atoms with Gasteiger partial charge in [-0.15, -0.1) is 0 Å². The Balaban J connectivity index is 1.69. The SMILES string of the molecule is CC(=O)c1ccc(S(=O)(=O)N2CCC(Oc3ccc(C)cn3)C2)cc1. The van der Waals surface area contributed by atoms with Gasteiger partial charge >= 0.3 is 0 Å². The van der Waals surface area contributed by atoms with Gasteiger partial charge in [-0.2, -0.15) is 4.31 Å². The Morgan fingerprint density at radius 1 is 1.20 bits per heavy atom.